The minimum Gasteiger partial charge on any atom is -0.456 e. The number of hydrogen-bond donors (Lipinski definition) is 1. The zero-order valence-corrected chi connectivity index (χ0v) is 16.5. The van der Waals surface area contributed by atoms with E-state index in [1.165, 1.54) is 16.7 Å². The van der Waals surface area contributed by atoms with Gasteiger partial charge in [-0.3, -0.25) is 14.2 Å². The van der Waals surface area contributed by atoms with E-state index in [1.807, 2.05) is 0 Å². The van der Waals surface area contributed by atoms with Crippen LogP contribution >= 0.6 is 34.8 Å². The van der Waals surface area contributed by atoms with Crippen molar-refractivity contribution in [2.24, 2.45) is 0 Å². The second-order valence-corrected chi connectivity index (χ2v) is 6.94. The molecule has 0 aliphatic heterocycles. The lowest BCUT2D eigenvalue weighted by atomic mass is 10.3. The highest BCUT2D eigenvalue weighted by molar-refractivity contribution is 6.42. The number of carbonyl (C=O) groups is 2. The summed E-state index contributed by atoms with van der Waals surface area (Å²) in [7, 11) is 0. The van der Waals surface area contributed by atoms with Crippen molar-refractivity contribution in [1.82, 2.24) is 4.57 Å². The summed E-state index contributed by atoms with van der Waals surface area (Å²) in [5, 5.41) is 3.09. The summed E-state index contributed by atoms with van der Waals surface area (Å²) in [4.78, 5) is 35.7. The first-order valence-corrected chi connectivity index (χ1v) is 9.17. The lowest BCUT2D eigenvalue weighted by Gasteiger charge is -2.10. The van der Waals surface area contributed by atoms with Crippen LogP contribution in [0.5, 0.6) is 0 Å². The molecule has 1 amide bonds. The standard InChI is InChI=1S/C18H13Cl3N2O5/c19-10-7-11(20)17(12(21)8-10)22-15(24)9-27-16(25)5-6-23-13-3-1-2-4-14(13)28-18(23)26/h1-4,7-8H,5-6,9H2,(H,22,24). The fourth-order valence-electron chi connectivity index (χ4n) is 2.48. The normalized spacial score (nSPS) is 10.8. The second kappa shape index (κ2) is 8.68. The number of hydrogen-bond acceptors (Lipinski definition) is 5. The van der Waals surface area contributed by atoms with Crippen molar-refractivity contribution in [1.29, 1.82) is 0 Å². The Morgan fingerprint density at radius 1 is 1.11 bits per heavy atom. The predicted molar refractivity (Wildman–Crippen MR) is 106 cm³/mol. The molecule has 146 valence electrons. The lowest BCUT2D eigenvalue weighted by Crippen LogP contribution is -2.23. The monoisotopic (exact) mass is 442 g/mol. The molecule has 0 unspecified atom stereocenters. The fourth-order valence-corrected chi connectivity index (χ4v) is 3.40. The van der Waals surface area contributed by atoms with Crippen LogP contribution < -0.4 is 11.1 Å². The number of para-hydroxylation sites is 2. The first kappa shape index (κ1) is 20.3. The Hall–Kier alpha value is -2.48. The first-order chi connectivity index (χ1) is 13.3. The maximum Gasteiger partial charge on any atom is 0.419 e. The molecule has 0 aliphatic carbocycles. The molecule has 1 N–H and O–H groups in total. The minimum absolute atomic E-state index is 0.0607. The van der Waals surface area contributed by atoms with Crippen LogP contribution in [-0.4, -0.2) is 23.1 Å². The Bertz CT molecular complexity index is 1080. The van der Waals surface area contributed by atoms with E-state index < -0.39 is 24.2 Å². The number of nitrogens with one attached hydrogen (secondary N) is 1. The van der Waals surface area contributed by atoms with Gasteiger partial charge in [-0.05, 0) is 24.3 Å². The largest absolute Gasteiger partial charge is 0.456 e. The first-order valence-electron chi connectivity index (χ1n) is 8.03. The van der Waals surface area contributed by atoms with E-state index in [2.05, 4.69) is 5.32 Å². The number of esters is 1. The Kier molecular flexibility index (Phi) is 6.28. The summed E-state index contributed by atoms with van der Waals surface area (Å²) in [6.45, 7) is -0.472. The smallest absolute Gasteiger partial charge is 0.419 e. The van der Waals surface area contributed by atoms with Crippen molar-refractivity contribution in [2.45, 2.75) is 13.0 Å². The zero-order valence-electron chi connectivity index (χ0n) is 14.2. The molecule has 1 heterocycles. The molecule has 0 aliphatic rings. The Morgan fingerprint density at radius 2 is 1.79 bits per heavy atom. The van der Waals surface area contributed by atoms with Gasteiger partial charge < -0.3 is 14.5 Å². The van der Waals surface area contributed by atoms with Crippen LogP contribution in [0.2, 0.25) is 15.1 Å². The Morgan fingerprint density at radius 3 is 2.50 bits per heavy atom. The summed E-state index contributed by atoms with van der Waals surface area (Å²) in [6.07, 6.45) is -0.112. The summed E-state index contributed by atoms with van der Waals surface area (Å²) >= 11 is 17.8. The van der Waals surface area contributed by atoms with Crippen molar-refractivity contribution >= 4 is 63.5 Å². The number of halogens is 3. The SMILES string of the molecule is O=C(COC(=O)CCn1c(=O)oc2ccccc21)Nc1c(Cl)cc(Cl)cc1Cl. The van der Waals surface area contributed by atoms with E-state index in [1.54, 1.807) is 24.3 Å². The van der Waals surface area contributed by atoms with Crippen LogP contribution in [-0.2, 0) is 20.9 Å². The molecule has 1 aromatic heterocycles. The third-order valence-corrected chi connectivity index (χ3v) is 4.56. The average Bonchev–Trinajstić information content (AvgIpc) is 2.96. The molecule has 2 aromatic carbocycles. The lowest BCUT2D eigenvalue weighted by molar-refractivity contribution is -0.147. The molecule has 0 spiro atoms. The zero-order chi connectivity index (χ0) is 20.3. The van der Waals surface area contributed by atoms with Crippen molar-refractivity contribution < 1.29 is 18.7 Å². The van der Waals surface area contributed by atoms with Crippen LogP contribution in [0.25, 0.3) is 11.1 Å². The summed E-state index contributed by atoms with van der Waals surface area (Å²) in [5.41, 5.74) is 1.17. The van der Waals surface area contributed by atoms with Crippen LogP contribution in [0.3, 0.4) is 0 Å². The van der Waals surface area contributed by atoms with Gasteiger partial charge in [0.25, 0.3) is 5.91 Å². The summed E-state index contributed by atoms with van der Waals surface area (Å²) in [6, 6.07) is 9.69. The fraction of sp³-hybridized carbons (Fsp3) is 0.167. The van der Waals surface area contributed by atoms with Gasteiger partial charge in [-0.25, -0.2) is 4.79 Å². The molecule has 0 radical (unpaired) electrons. The maximum absolute atomic E-state index is 12.0. The van der Waals surface area contributed by atoms with Gasteiger partial charge in [0.2, 0.25) is 0 Å². The molecule has 0 bridgehead atoms. The molecule has 28 heavy (non-hydrogen) atoms. The molecule has 7 nitrogen and oxygen atoms in total. The van der Waals surface area contributed by atoms with Gasteiger partial charge in [0.15, 0.2) is 12.2 Å². The van der Waals surface area contributed by atoms with Gasteiger partial charge in [0, 0.05) is 11.6 Å². The second-order valence-electron chi connectivity index (χ2n) is 5.69. The van der Waals surface area contributed by atoms with E-state index in [9.17, 15) is 14.4 Å². The predicted octanol–water partition coefficient (Wildman–Crippen LogP) is 4.13. The van der Waals surface area contributed by atoms with E-state index in [4.69, 9.17) is 44.0 Å². The molecular weight excluding hydrogens is 431 g/mol. The number of nitrogens with zero attached hydrogens (tertiary/aromatic N) is 1. The van der Waals surface area contributed by atoms with Crippen molar-refractivity contribution in [3.63, 3.8) is 0 Å². The topological polar surface area (TPSA) is 90.5 Å². The number of ether oxygens (including phenoxy) is 1. The molecular formula is C18H13Cl3N2O5. The van der Waals surface area contributed by atoms with Gasteiger partial charge in [-0.1, -0.05) is 46.9 Å². The molecule has 10 heteroatoms. The molecule has 0 fully saturated rings. The summed E-state index contributed by atoms with van der Waals surface area (Å²) in [5.74, 6) is -1.84. The Labute approximate surface area is 173 Å². The molecule has 3 rings (SSSR count). The number of aryl methyl sites for hydroxylation is 1. The number of rotatable bonds is 6. The van der Waals surface area contributed by atoms with Gasteiger partial charge >= 0.3 is 11.7 Å². The van der Waals surface area contributed by atoms with Gasteiger partial charge in [0.1, 0.15) is 0 Å². The molecule has 0 saturated carbocycles. The van der Waals surface area contributed by atoms with E-state index in [0.717, 1.165) is 0 Å². The molecule has 3 aromatic rings. The average molecular weight is 444 g/mol. The number of amides is 1. The van der Waals surface area contributed by atoms with Crippen molar-refractivity contribution in [3.05, 3.63) is 62.0 Å². The van der Waals surface area contributed by atoms with Crippen LogP contribution in [0.4, 0.5) is 5.69 Å². The van der Waals surface area contributed by atoms with Crippen LogP contribution in [0.1, 0.15) is 6.42 Å². The third-order valence-electron chi connectivity index (χ3n) is 3.75. The highest BCUT2D eigenvalue weighted by Crippen LogP contribution is 2.33. The number of anilines is 1. The Balaban J connectivity index is 1.54. The number of benzene rings is 2. The summed E-state index contributed by atoms with van der Waals surface area (Å²) < 4.78 is 11.3. The number of oxazole rings is 1. The number of aromatic nitrogens is 1. The van der Waals surface area contributed by atoms with Crippen molar-refractivity contribution in [3.8, 4) is 0 Å². The highest BCUT2D eigenvalue weighted by atomic mass is 35.5. The van der Waals surface area contributed by atoms with Crippen LogP contribution in [0.15, 0.2) is 45.6 Å². The van der Waals surface area contributed by atoms with Gasteiger partial charge in [-0.2, -0.15) is 0 Å². The molecule has 0 saturated heterocycles. The van der Waals surface area contributed by atoms with E-state index in [0.29, 0.717) is 16.1 Å². The molecule has 0 atom stereocenters. The van der Waals surface area contributed by atoms with E-state index >= 15 is 0 Å². The quantitative estimate of drug-likeness (QED) is 0.579. The number of carbonyl (C=O) groups excluding carboxylic acids is 2. The maximum atomic E-state index is 12.0. The number of fused-ring (bicyclic) bond motifs is 1. The van der Waals surface area contributed by atoms with Gasteiger partial charge in [0.05, 0.1) is 27.7 Å². The third kappa shape index (κ3) is 4.67. The minimum atomic E-state index is -0.652. The highest BCUT2D eigenvalue weighted by Gasteiger charge is 2.14. The van der Waals surface area contributed by atoms with E-state index in [-0.39, 0.29) is 28.7 Å². The van der Waals surface area contributed by atoms with Crippen LogP contribution in [0, 0.1) is 0 Å². The van der Waals surface area contributed by atoms with Gasteiger partial charge in [-0.15, -0.1) is 0 Å². The van der Waals surface area contributed by atoms with Crippen molar-refractivity contribution in [2.75, 3.05) is 11.9 Å².